The first-order chi connectivity index (χ1) is 11.9. The quantitative estimate of drug-likeness (QED) is 0.811. The summed E-state index contributed by atoms with van der Waals surface area (Å²) in [6.07, 6.45) is 0. The molecular weight excluding hydrogens is 344 g/mol. The normalized spacial score (nSPS) is 25.4. The molecule has 132 valence electrons. The van der Waals surface area contributed by atoms with Gasteiger partial charge in [0.2, 0.25) is 0 Å². The molecule has 7 heteroatoms. The summed E-state index contributed by atoms with van der Waals surface area (Å²) in [4.78, 5) is 11.9. The van der Waals surface area contributed by atoms with E-state index in [0.717, 1.165) is 0 Å². The maximum atomic E-state index is 13.0. The van der Waals surface area contributed by atoms with Gasteiger partial charge in [0.15, 0.2) is 9.84 Å². The summed E-state index contributed by atoms with van der Waals surface area (Å²) >= 11 is 0. The average molecular weight is 362 g/mol. The predicted molar refractivity (Wildman–Crippen MR) is 90.3 cm³/mol. The minimum absolute atomic E-state index is 0.0510. The summed E-state index contributed by atoms with van der Waals surface area (Å²) in [6.45, 7) is -0.754. The number of rotatable bonds is 6. The summed E-state index contributed by atoms with van der Waals surface area (Å²) in [5, 5.41) is 18.2. The summed E-state index contributed by atoms with van der Waals surface area (Å²) in [5.74, 6) is -1.57. The molecule has 0 aliphatic heterocycles. The van der Waals surface area contributed by atoms with Crippen molar-refractivity contribution in [3.05, 3.63) is 60.2 Å². The Bertz CT molecular complexity index is 876. The molecule has 2 N–H and O–H groups in total. The van der Waals surface area contributed by atoms with Crippen LogP contribution in [0, 0.1) is 5.41 Å². The number of carboxylic acids is 1. The van der Waals surface area contributed by atoms with Crippen LogP contribution < -0.4 is 4.74 Å². The van der Waals surface area contributed by atoms with E-state index in [2.05, 4.69) is 0 Å². The number of aliphatic hydroxyl groups excluding tert-OH is 1. The van der Waals surface area contributed by atoms with Gasteiger partial charge in [-0.2, -0.15) is 0 Å². The average Bonchev–Trinajstić information content (AvgIpc) is 3.34. The number of sulfone groups is 1. The van der Waals surface area contributed by atoms with Gasteiger partial charge in [0.25, 0.3) is 0 Å². The van der Waals surface area contributed by atoms with E-state index in [1.54, 1.807) is 42.5 Å². The molecule has 0 bridgehead atoms. The van der Waals surface area contributed by atoms with Gasteiger partial charge in [-0.3, -0.25) is 4.79 Å². The van der Waals surface area contributed by atoms with Crippen LogP contribution in [-0.4, -0.2) is 43.6 Å². The van der Waals surface area contributed by atoms with Crippen molar-refractivity contribution in [2.45, 2.75) is 16.1 Å². The monoisotopic (exact) mass is 362 g/mol. The molecule has 0 spiro atoms. The molecule has 0 aromatic heterocycles. The van der Waals surface area contributed by atoms with E-state index in [9.17, 15) is 23.4 Å². The first-order valence-electron chi connectivity index (χ1n) is 7.66. The molecule has 1 aliphatic rings. The van der Waals surface area contributed by atoms with Crippen LogP contribution in [0.3, 0.4) is 0 Å². The van der Waals surface area contributed by atoms with E-state index >= 15 is 0 Å². The molecule has 2 aromatic carbocycles. The second-order valence-corrected chi connectivity index (χ2v) is 8.10. The third-order valence-electron chi connectivity index (χ3n) is 4.80. The number of carbonyl (C=O) groups is 1. The van der Waals surface area contributed by atoms with E-state index in [1.165, 1.54) is 19.2 Å². The third kappa shape index (κ3) is 2.60. The molecule has 0 saturated heterocycles. The van der Waals surface area contributed by atoms with Gasteiger partial charge in [-0.1, -0.05) is 30.3 Å². The Labute approximate surface area is 145 Å². The number of ether oxygens (including phenoxy) is 1. The molecule has 25 heavy (non-hydrogen) atoms. The van der Waals surface area contributed by atoms with Crippen LogP contribution in [-0.2, 0) is 14.6 Å². The maximum absolute atomic E-state index is 13.0. The topological polar surface area (TPSA) is 101 Å². The SMILES string of the molecule is COc1ccc([C@@H]2[C@H](S(=O)(=O)c3ccccc3)[C@@]2(CO)C(=O)O)cc1. The van der Waals surface area contributed by atoms with E-state index in [1.807, 2.05) is 0 Å². The van der Waals surface area contributed by atoms with Crippen LogP contribution in [0.4, 0.5) is 0 Å². The predicted octanol–water partition coefficient (Wildman–Crippen LogP) is 1.70. The lowest BCUT2D eigenvalue weighted by Crippen LogP contribution is -2.27. The van der Waals surface area contributed by atoms with Crippen molar-refractivity contribution in [3.8, 4) is 5.75 Å². The summed E-state index contributed by atoms with van der Waals surface area (Å²) < 4.78 is 31.0. The van der Waals surface area contributed by atoms with Gasteiger partial charge in [-0.15, -0.1) is 0 Å². The number of aliphatic hydroxyl groups is 1. The van der Waals surface area contributed by atoms with Crippen molar-refractivity contribution in [2.75, 3.05) is 13.7 Å². The van der Waals surface area contributed by atoms with Gasteiger partial charge < -0.3 is 14.9 Å². The molecule has 0 unspecified atom stereocenters. The fourth-order valence-electron chi connectivity index (χ4n) is 3.41. The van der Waals surface area contributed by atoms with Crippen LogP contribution in [0.5, 0.6) is 5.75 Å². The highest BCUT2D eigenvalue weighted by Gasteiger charge is 2.75. The molecule has 6 nitrogen and oxygen atoms in total. The summed E-state index contributed by atoms with van der Waals surface area (Å²) in [7, 11) is -2.41. The van der Waals surface area contributed by atoms with Gasteiger partial charge in [0.1, 0.15) is 11.2 Å². The maximum Gasteiger partial charge on any atom is 0.314 e. The van der Waals surface area contributed by atoms with Gasteiger partial charge in [-0.25, -0.2) is 8.42 Å². The van der Waals surface area contributed by atoms with Crippen molar-refractivity contribution >= 4 is 15.8 Å². The molecule has 0 radical (unpaired) electrons. The first kappa shape index (κ1) is 17.4. The Morgan fingerprint density at radius 1 is 1.12 bits per heavy atom. The van der Waals surface area contributed by atoms with Crippen LogP contribution in [0.25, 0.3) is 0 Å². The van der Waals surface area contributed by atoms with E-state index in [-0.39, 0.29) is 4.90 Å². The first-order valence-corrected chi connectivity index (χ1v) is 9.21. The highest BCUT2D eigenvalue weighted by atomic mass is 32.2. The lowest BCUT2D eigenvalue weighted by atomic mass is 10.00. The van der Waals surface area contributed by atoms with E-state index < -0.39 is 39.0 Å². The van der Waals surface area contributed by atoms with Gasteiger partial charge in [0, 0.05) is 5.92 Å². The number of methoxy groups -OCH3 is 1. The van der Waals surface area contributed by atoms with Crippen molar-refractivity contribution in [2.24, 2.45) is 5.41 Å². The minimum atomic E-state index is -3.92. The summed E-state index contributed by atoms with van der Waals surface area (Å²) in [5.41, 5.74) is -1.20. The Hall–Kier alpha value is -2.38. The van der Waals surface area contributed by atoms with Crippen molar-refractivity contribution in [1.29, 1.82) is 0 Å². The van der Waals surface area contributed by atoms with Crippen LogP contribution >= 0.6 is 0 Å². The molecule has 1 saturated carbocycles. The number of hydrogen-bond donors (Lipinski definition) is 2. The zero-order valence-electron chi connectivity index (χ0n) is 13.5. The highest BCUT2D eigenvalue weighted by molar-refractivity contribution is 7.92. The van der Waals surface area contributed by atoms with Gasteiger partial charge in [0.05, 0.1) is 23.9 Å². The van der Waals surface area contributed by atoms with Crippen molar-refractivity contribution in [3.63, 3.8) is 0 Å². The lowest BCUT2D eigenvalue weighted by Gasteiger charge is -2.09. The molecule has 2 aromatic rings. The minimum Gasteiger partial charge on any atom is -0.497 e. The standard InChI is InChI=1S/C18H18O6S/c1-24-13-9-7-12(8-10-13)15-16(18(15,11-19)17(20)21)25(22,23)14-5-3-2-4-6-14/h2-10,15-16,19H,11H2,1H3,(H,20,21)/t15-,16+,18+/m1/s1. The van der Waals surface area contributed by atoms with Gasteiger partial charge >= 0.3 is 5.97 Å². The fourth-order valence-corrected chi connectivity index (χ4v) is 5.80. The largest absolute Gasteiger partial charge is 0.497 e. The zero-order chi connectivity index (χ0) is 18.2. The second-order valence-electron chi connectivity index (χ2n) is 6.03. The molecule has 3 atom stereocenters. The number of benzene rings is 2. The van der Waals surface area contributed by atoms with Crippen molar-refractivity contribution < 1.29 is 28.2 Å². The van der Waals surface area contributed by atoms with Crippen molar-refractivity contribution in [1.82, 2.24) is 0 Å². The molecule has 0 heterocycles. The van der Waals surface area contributed by atoms with Crippen LogP contribution in [0.2, 0.25) is 0 Å². The highest BCUT2D eigenvalue weighted by Crippen LogP contribution is 2.64. The molecule has 0 amide bonds. The Morgan fingerprint density at radius 3 is 2.20 bits per heavy atom. The fraction of sp³-hybridized carbons (Fsp3) is 0.278. The number of carboxylic acid groups (broad SMARTS) is 1. The Morgan fingerprint density at radius 2 is 1.72 bits per heavy atom. The van der Waals surface area contributed by atoms with Crippen LogP contribution in [0.15, 0.2) is 59.5 Å². The third-order valence-corrected chi connectivity index (χ3v) is 7.09. The van der Waals surface area contributed by atoms with Gasteiger partial charge in [-0.05, 0) is 29.8 Å². The molecular formula is C18H18O6S. The number of hydrogen-bond acceptors (Lipinski definition) is 5. The number of aliphatic carboxylic acids is 1. The van der Waals surface area contributed by atoms with E-state index in [4.69, 9.17) is 4.74 Å². The molecule has 1 aliphatic carbocycles. The molecule has 1 fully saturated rings. The summed E-state index contributed by atoms with van der Waals surface area (Å²) in [6, 6.07) is 14.3. The van der Waals surface area contributed by atoms with Crippen LogP contribution in [0.1, 0.15) is 11.5 Å². The van der Waals surface area contributed by atoms with E-state index in [0.29, 0.717) is 11.3 Å². The second kappa shape index (κ2) is 6.16. The lowest BCUT2D eigenvalue weighted by molar-refractivity contribution is -0.145. The smallest absolute Gasteiger partial charge is 0.314 e. The Balaban J connectivity index is 2.08. The molecule has 3 rings (SSSR count). The zero-order valence-corrected chi connectivity index (χ0v) is 14.3. The Kier molecular flexibility index (Phi) is 4.30.